The third-order valence-corrected chi connectivity index (χ3v) is 5.48. The van der Waals surface area contributed by atoms with Crippen molar-refractivity contribution in [3.63, 3.8) is 0 Å². The van der Waals surface area contributed by atoms with Gasteiger partial charge in [0.05, 0.1) is 12.2 Å². The fraction of sp³-hybridized carbons (Fsp3) is 0.143. The molecule has 0 aliphatic carbocycles. The van der Waals surface area contributed by atoms with Crippen LogP contribution in [0.15, 0.2) is 79.3 Å². The average Bonchev–Trinajstić information content (AvgIpc) is 3.29. The third kappa shape index (κ3) is 5.89. The number of aryl methyl sites for hydroxylation is 3. The Morgan fingerprint density at radius 2 is 1.74 bits per heavy atom. The number of anilines is 1. The summed E-state index contributed by atoms with van der Waals surface area (Å²) < 4.78 is 1.76. The van der Waals surface area contributed by atoms with Gasteiger partial charge in [-0.25, -0.2) is 4.68 Å². The number of hydrogen-bond acceptors (Lipinski definition) is 4. The fourth-order valence-electron chi connectivity index (χ4n) is 3.90. The van der Waals surface area contributed by atoms with Crippen LogP contribution in [0.1, 0.15) is 22.3 Å². The zero-order chi connectivity index (χ0) is 24.8. The molecule has 35 heavy (non-hydrogen) atoms. The van der Waals surface area contributed by atoms with Crippen molar-refractivity contribution in [1.82, 2.24) is 20.1 Å². The van der Waals surface area contributed by atoms with Crippen molar-refractivity contribution in [3.05, 3.63) is 102 Å². The van der Waals surface area contributed by atoms with E-state index >= 15 is 0 Å². The van der Waals surface area contributed by atoms with Gasteiger partial charge in [0.15, 0.2) is 0 Å². The summed E-state index contributed by atoms with van der Waals surface area (Å²) in [5, 5.41) is 10.2. The third-order valence-electron chi connectivity index (χ3n) is 5.48. The molecule has 2 amide bonds. The molecule has 2 aromatic heterocycles. The Balaban J connectivity index is 1.46. The monoisotopic (exact) mass is 465 g/mol. The summed E-state index contributed by atoms with van der Waals surface area (Å²) in [4.78, 5) is 29.1. The number of carbonyl (C=O) groups excluding carboxylic acids is 2. The lowest BCUT2D eigenvalue weighted by molar-refractivity contribution is -0.121. The number of rotatable bonds is 7. The maximum Gasteiger partial charge on any atom is 0.244 e. The maximum atomic E-state index is 12.5. The first-order valence-electron chi connectivity index (χ1n) is 11.3. The Hall–Kier alpha value is -4.52. The van der Waals surface area contributed by atoms with Crippen molar-refractivity contribution >= 4 is 23.6 Å². The van der Waals surface area contributed by atoms with Crippen LogP contribution in [-0.2, 0) is 9.59 Å². The molecule has 0 radical (unpaired) electrons. The summed E-state index contributed by atoms with van der Waals surface area (Å²) in [6, 6.07) is 17.5. The minimum atomic E-state index is -0.373. The number of pyridine rings is 1. The Kier molecular flexibility index (Phi) is 7.16. The Morgan fingerprint density at radius 1 is 1.00 bits per heavy atom. The first-order chi connectivity index (χ1) is 16.9. The first kappa shape index (κ1) is 23.6. The highest BCUT2D eigenvalue weighted by Gasteiger charge is 2.12. The summed E-state index contributed by atoms with van der Waals surface area (Å²) in [6.45, 7) is 5.79. The summed E-state index contributed by atoms with van der Waals surface area (Å²) in [6.07, 6.45) is 8.38. The summed E-state index contributed by atoms with van der Waals surface area (Å²) in [7, 11) is 0. The van der Waals surface area contributed by atoms with Crippen LogP contribution in [0.5, 0.6) is 0 Å². The zero-order valence-corrected chi connectivity index (χ0v) is 19.9. The van der Waals surface area contributed by atoms with E-state index in [1.807, 2.05) is 81.6 Å². The van der Waals surface area contributed by atoms with E-state index in [9.17, 15) is 9.59 Å². The van der Waals surface area contributed by atoms with Crippen LogP contribution in [0.2, 0.25) is 0 Å². The van der Waals surface area contributed by atoms with Gasteiger partial charge in [-0.15, -0.1) is 0 Å². The van der Waals surface area contributed by atoms with Crippen molar-refractivity contribution in [2.45, 2.75) is 20.8 Å². The van der Waals surface area contributed by atoms with Crippen molar-refractivity contribution in [2.24, 2.45) is 0 Å². The number of nitrogens with one attached hydrogen (secondary N) is 2. The molecule has 2 heterocycles. The lowest BCUT2D eigenvalue weighted by Gasteiger charge is -2.13. The van der Waals surface area contributed by atoms with E-state index < -0.39 is 0 Å². The van der Waals surface area contributed by atoms with Gasteiger partial charge in [-0.3, -0.25) is 14.6 Å². The number of hydrogen-bond donors (Lipinski definition) is 2. The van der Waals surface area contributed by atoms with Gasteiger partial charge in [0.2, 0.25) is 11.8 Å². The van der Waals surface area contributed by atoms with Crippen LogP contribution in [-0.4, -0.2) is 33.1 Å². The van der Waals surface area contributed by atoms with E-state index in [-0.39, 0.29) is 18.4 Å². The SMILES string of the molecule is Cc1cc(C)c(NC(=O)CNC(=O)/C=C/c2cn(-c3ccccc3)nc2-c2cccnc2)c(C)c1. The second-order valence-electron chi connectivity index (χ2n) is 8.33. The molecule has 0 fully saturated rings. The van der Waals surface area contributed by atoms with Crippen LogP contribution in [0, 0.1) is 20.8 Å². The molecule has 0 aliphatic heterocycles. The van der Waals surface area contributed by atoms with E-state index in [1.54, 1.807) is 23.2 Å². The Labute approximate surface area is 204 Å². The maximum absolute atomic E-state index is 12.5. The predicted octanol–water partition coefficient (Wildman–Crippen LogP) is 4.63. The normalized spacial score (nSPS) is 10.9. The molecule has 0 unspecified atom stereocenters. The van der Waals surface area contributed by atoms with E-state index in [0.717, 1.165) is 39.2 Å². The zero-order valence-electron chi connectivity index (χ0n) is 19.9. The number of nitrogens with zero attached hydrogens (tertiary/aromatic N) is 3. The first-order valence-corrected chi connectivity index (χ1v) is 11.3. The van der Waals surface area contributed by atoms with Crippen molar-refractivity contribution in [3.8, 4) is 16.9 Å². The van der Waals surface area contributed by atoms with Gasteiger partial charge in [0, 0.05) is 41.5 Å². The second-order valence-corrected chi connectivity index (χ2v) is 8.33. The standard InChI is InChI=1S/C28H27N5O2/c1-19-14-20(2)27(21(3)15-19)31-26(35)17-30-25(34)12-11-23-18-33(24-9-5-4-6-10-24)32-28(23)22-8-7-13-29-16-22/h4-16,18H,17H2,1-3H3,(H,30,34)(H,31,35)/b12-11+. The summed E-state index contributed by atoms with van der Waals surface area (Å²) in [5.41, 5.74) is 7.09. The second kappa shape index (κ2) is 10.6. The highest BCUT2D eigenvalue weighted by molar-refractivity contribution is 5.99. The smallest absolute Gasteiger partial charge is 0.244 e. The molecule has 0 saturated carbocycles. The quantitative estimate of drug-likeness (QED) is 0.390. The highest BCUT2D eigenvalue weighted by Crippen LogP contribution is 2.24. The summed E-state index contributed by atoms with van der Waals surface area (Å²) in [5.74, 6) is -0.656. The van der Waals surface area contributed by atoms with Crippen LogP contribution < -0.4 is 10.6 Å². The molecule has 0 saturated heterocycles. The van der Waals surface area contributed by atoms with Crippen LogP contribution in [0.3, 0.4) is 0 Å². The molecule has 4 rings (SSSR count). The molecular formula is C28H27N5O2. The molecule has 176 valence electrons. The molecule has 0 atom stereocenters. The number of carbonyl (C=O) groups is 2. The molecule has 0 spiro atoms. The molecule has 2 N–H and O–H groups in total. The number of para-hydroxylation sites is 1. The summed E-state index contributed by atoms with van der Waals surface area (Å²) >= 11 is 0. The molecule has 0 aliphatic rings. The molecule has 0 bridgehead atoms. The van der Waals surface area contributed by atoms with E-state index in [2.05, 4.69) is 15.6 Å². The van der Waals surface area contributed by atoms with Gasteiger partial charge >= 0.3 is 0 Å². The van der Waals surface area contributed by atoms with Crippen molar-refractivity contribution < 1.29 is 9.59 Å². The lowest BCUT2D eigenvalue weighted by Crippen LogP contribution is -2.32. The van der Waals surface area contributed by atoms with E-state index in [0.29, 0.717) is 5.69 Å². The van der Waals surface area contributed by atoms with Crippen molar-refractivity contribution in [2.75, 3.05) is 11.9 Å². The van der Waals surface area contributed by atoms with Gasteiger partial charge in [0.25, 0.3) is 0 Å². The molecule has 7 heteroatoms. The molecular weight excluding hydrogens is 438 g/mol. The average molecular weight is 466 g/mol. The Morgan fingerprint density at radius 3 is 2.43 bits per heavy atom. The number of benzene rings is 2. The van der Waals surface area contributed by atoms with Gasteiger partial charge in [-0.2, -0.15) is 5.10 Å². The van der Waals surface area contributed by atoms with E-state index in [1.165, 1.54) is 6.08 Å². The molecule has 4 aromatic rings. The van der Waals surface area contributed by atoms with Crippen LogP contribution >= 0.6 is 0 Å². The highest BCUT2D eigenvalue weighted by atomic mass is 16.2. The largest absolute Gasteiger partial charge is 0.343 e. The van der Waals surface area contributed by atoms with Gasteiger partial charge < -0.3 is 10.6 Å². The molecule has 2 aromatic carbocycles. The molecule has 7 nitrogen and oxygen atoms in total. The van der Waals surface area contributed by atoms with Gasteiger partial charge in [-0.05, 0) is 62.2 Å². The minimum absolute atomic E-state index is 0.130. The van der Waals surface area contributed by atoms with Gasteiger partial charge in [0.1, 0.15) is 5.69 Å². The fourth-order valence-corrected chi connectivity index (χ4v) is 3.90. The van der Waals surface area contributed by atoms with Crippen LogP contribution in [0.4, 0.5) is 5.69 Å². The van der Waals surface area contributed by atoms with Crippen LogP contribution in [0.25, 0.3) is 23.0 Å². The lowest BCUT2D eigenvalue weighted by atomic mass is 10.1. The number of aromatic nitrogens is 3. The van der Waals surface area contributed by atoms with Gasteiger partial charge in [-0.1, -0.05) is 35.9 Å². The number of amides is 2. The topological polar surface area (TPSA) is 88.9 Å². The minimum Gasteiger partial charge on any atom is -0.343 e. The predicted molar refractivity (Wildman–Crippen MR) is 138 cm³/mol. The van der Waals surface area contributed by atoms with Crippen molar-refractivity contribution in [1.29, 1.82) is 0 Å². The Bertz CT molecular complexity index is 1350. The van der Waals surface area contributed by atoms with E-state index in [4.69, 9.17) is 5.10 Å².